The Morgan fingerprint density at radius 1 is 1.12 bits per heavy atom. The number of nitrogens with zero attached hydrogens (tertiary/aromatic N) is 6. The first-order valence-corrected chi connectivity index (χ1v) is 12.2. The van der Waals surface area contributed by atoms with E-state index in [0.29, 0.717) is 13.1 Å². The maximum absolute atomic E-state index is 13.6. The van der Waals surface area contributed by atoms with E-state index in [2.05, 4.69) is 26.4 Å². The van der Waals surface area contributed by atoms with E-state index in [1.807, 2.05) is 4.90 Å². The minimum Gasteiger partial charge on any atom is -0.354 e. The topological polar surface area (TPSA) is 67.2 Å². The number of imidazole rings is 1. The van der Waals surface area contributed by atoms with Gasteiger partial charge in [-0.15, -0.1) is 0 Å². The first-order chi connectivity index (χ1) is 16.2. The molecule has 4 heterocycles. The Bertz CT molecular complexity index is 1130. The molecule has 2 aromatic heterocycles. The zero-order chi connectivity index (χ0) is 22.8. The number of piperidine rings is 1. The smallest absolute Gasteiger partial charge is 0.231 e. The minimum absolute atomic E-state index is 0.0964. The summed E-state index contributed by atoms with van der Waals surface area (Å²) in [6.45, 7) is 5.08. The van der Waals surface area contributed by atoms with E-state index >= 15 is 0 Å². The number of anilines is 2. The van der Waals surface area contributed by atoms with Gasteiger partial charge >= 0.3 is 0 Å². The Kier molecular flexibility index (Phi) is 6.24. The Balaban J connectivity index is 1.41. The zero-order valence-electron chi connectivity index (χ0n) is 19.2. The average Bonchev–Trinajstić information content (AvgIpc) is 3.03. The number of amides is 1. The molecule has 0 unspecified atom stereocenters. The first-order valence-electron chi connectivity index (χ1n) is 12.2. The van der Waals surface area contributed by atoms with Gasteiger partial charge < -0.3 is 14.4 Å². The molecule has 1 saturated heterocycles. The molecule has 5 rings (SSSR count). The maximum atomic E-state index is 13.6. The van der Waals surface area contributed by atoms with Gasteiger partial charge in [0.15, 0.2) is 17.0 Å². The molecule has 0 saturated carbocycles. The average molecular weight is 451 g/mol. The van der Waals surface area contributed by atoms with Crippen LogP contribution in [0.25, 0.3) is 11.2 Å². The summed E-state index contributed by atoms with van der Waals surface area (Å²) in [4.78, 5) is 31.7. The monoisotopic (exact) mass is 450 g/mol. The van der Waals surface area contributed by atoms with Crippen LogP contribution in [0.1, 0.15) is 51.3 Å². The van der Waals surface area contributed by atoms with Gasteiger partial charge in [-0.2, -0.15) is 0 Å². The summed E-state index contributed by atoms with van der Waals surface area (Å²) in [5, 5.41) is 0. The third-order valence-electron chi connectivity index (χ3n) is 6.80. The van der Waals surface area contributed by atoms with Gasteiger partial charge in [0.1, 0.15) is 18.0 Å². The summed E-state index contributed by atoms with van der Waals surface area (Å²) in [7, 11) is 0. The van der Waals surface area contributed by atoms with Gasteiger partial charge in [-0.25, -0.2) is 19.3 Å². The molecule has 0 radical (unpaired) electrons. The van der Waals surface area contributed by atoms with Crippen LogP contribution < -0.4 is 9.80 Å². The normalized spacial score (nSPS) is 18.7. The lowest BCUT2D eigenvalue weighted by molar-refractivity contribution is -0.122. The molecule has 7 nitrogen and oxygen atoms in total. The van der Waals surface area contributed by atoms with Crippen LogP contribution in [-0.2, 0) is 17.8 Å². The molecule has 0 aliphatic carbocycles. The van der Waals surface area contributed by atoms with Crippen molar-refractivity contribution in [1.82, 2.24) is 19.5 Å². The third kappa shape index (κ3) is 4.30. The van der Waals surface area contributed by atoms with Crippen molar-refractivity contribution in [2.75, 3.05) is 29.4 Å². The minimum atomic E-state index is -0.294. The number of fused-ring (bicyclic) bond motifs is 3. The standard InChI is InChI=1S/C25H31FN6O/c1-2-13-31(20-11-9-19(26)10-12-20)25(33)18-7-6-14-30(16-18)23-22-24(28-17-27-23)32-15-5-3-4-8-21(32)29-22/h9-12,17-18H,2-8,13-16H2,1H3/t18-/m1/s1. The highest BCUT2D eigenvalue weighted by Gasteiger charge is 2.32. The highest BCUT2D eigenvalue weighted by Crippen LogP contribution is 2.30. The van der Waals surface area contributed by atoms with Crippen LogP contribution >= 0.6 is 0 Å². The number of benzene rings is 1. The van der Waals surface area contributed by atoms with Gasteiger partial charge in [-0.05, 0) is 56.4 Å². The Morgan fingerprint density at radius 3 is 2.79 bits per heavy atom. The molecule has 1 fully saturated rings. The molecule has 0 spiro atoms. The molecule has 1 aromatic carbocycles. The number of rotatable bonds is 5. The molecule has 2 aliphatic heterocycles. The van der Waals surface area contributed by atoms with E-state index in [0.717, 1.165) is 80.1 Å². The van der Waals surface area contributed by atoms with E-state index in [4.69, 9.17) is 4.98 Å². The molecule has 8 heteroatoms. The van der Waals surface area contributed by atoms with Crippen molar-refractivity contribution in [3.63, 3.8) is 0 Å². The number of aryl methyl sites for hydroxylation is 2. The number of carbonyl (C=O) groups excluding carboxylic acids is 1. The summed E-state index contributed by atoms with van der Waals surface area (Å²) < 4.78 is 15.7. The fraction of sp³-hybridized carbons (Fsp3) is 0.520. The van der Waals surface area contributed by atoms with Crippen LogP contribution in [0.4, 0.5) is 15.9 Å². The molecule has 2 aliphatic rings. The van der Waals surface area contributed by atoms with Gasteiger partial charge in [0, 0.05) is 38.3 Å². The van der Waals surface area contributed by atoms with Gasteiger partial charge in [-0.3, -0.25) is 4.79 Å². The van der Waals surface area contributed by atoms with Crippen molar-refractivity contribution < 1.29 is 9.18 Å². The van der Waals surface area contributed by atoms with Crippen LogP contribution in [-0.4, -0.2) is 45.1 Å². The fourth-order valence-corrected chi connectivity index (χ4v) is 5.16. The van der Waals surface area contributed by atoms with Crippen molar-refractivity contribution in [2.45, 2.75) is 58.4 Å². The number of carbonyl (C=O) groups is 1. The van der Waals surface area contributed by atoms with Crippen molar-refractivity contribution in [3.05, 3.63) is 42.2 Å². The summed E-state index contributed by atoms with van der Waals surface area (Å²) in [5.74, 6) is 1.60. The molecule has 174 valence electrons. The van der Waals surface area contributed by atoms with E-state index in [1.54, 1.807) is 18.5 Å². The van der Waals surface area contributed by atoms with Crippen LogP contribution in [0, 0.1) is 11.7 Å². The lowest BCUT2D eigenvalue weighted by Crippen LogP contribution is -2.45. The number of halogens is 1. The lowest BCUT2D eigenvalue weighted by Gasteiger charge is -2.35. The first kappa shape index (κ1) is 21.8. The molecule has 1 atom stereocenters. The SMILES string of the molecule is CCCN(C(=O)[C@@H]1CCCN(c2ncnc3c2nc2n3CCCCC2)C1)c1ccc(F)cc1. The predicted molar refractivity (Wildman–Crippen MR) is 127 cm³/mol. The van der Waals surface area contributed by atoms with Crippen LogP contribution in [0.2, 0.25) is 0 Å². The Morgan fingerprint density at radius 2 is 1.97 bits per heavy atom. The number of aromatic nitrogens is 4. The second-order valence-corrected chi connectivity index (χ2v) is 9.11. The van der Waals surface area contributed by atoms with E-state index in [1.165, 1.54) is 18.6 Å². The quantitative estimate of drug-likeness (QED) is 0.578. The molecule has 1 amide bonds. The second kappa shape index (κ2) is 9.45. The highest BCUT2D eigenvalue weighted by molar-refractivity contribution is 5.95. The van der Waals surface area contributed by atoms with Gasteiger partial charge in [0.05, 0.1) is 5.92 Å². The van der Waals surface area contributed by atoms with Crippen LogP contribution in [0.3, 0.4) is 0 Å². The van der Waals surface area contributed by atoms with E-state index < -0.39 is 0 Å². The number of hydrogen-bond donors (Lipinski definition) is 0. The molecule has 3 aromatic rings. The third-order valence-corrected chi connectivity index (χ3v) is 6.80. The van der Waals surface area contributed by atoms with Crippen LogP contribution in [0.15, 0.2) is 30.6 Å². The largest absolute Gasteiger partial charge is 0.354 e. The molecule has 33 heavy (non-hydrogen) atoms. The van der Waals surface area contributed by atoms with E-state index in [9.17, 15) is 9.18 Å². The summed E-state index contributed by atoms with van der Waals surface area (Å²) in [6, 6.07) is 6.21. The molecular formula is C25H31FN6O. The molecular weight excluding hydrogens is 419 g/mol. The van der Waals surface area contributed by atoms with Crippen molar-refractivity contribution >= 4 is 28.6 Å². The van der Waals surface area contributed by atoms with Crippen LogP contribution in [0.5, 0.6) is 0 Å². The molecule has 0 bridgehead atoms. The summed E-state index contributed by atoms with van der Waals surface area (Å²) in [5.41, 5.74) is 2.51. The summed E-state index contributed by atoms with van der Waals surface area (Å²) >= 11 is 0. The Hall–Kier alpha value is -3.03. The Labute approximate surface area is 193 Å². The highest BCUT2D eigenvalue weighted by atomic mass is 19.1. The van der Waals surface area contributed by atoms with Gasteiger partial charge in [-0.1, -0.05) is 13.3 Å². The zero-order valence-corrected chi connectivity index (χ0v) is 19.2. The second-order valence-electron chi connectivity index (χ2n) is 9.11. The van der Waals surface area contributed by atoms with E-state index in [-0.39, 0.29) is 17.6 Å². The van der Waals surface area contributed by atoms with Crippen molar-refractivity contribution in [3.8, 4) is 0 Å². The number of hydrogen-bond acceptors (Lipinski definition) is 5. The summed E-state index contributed by atoms with van der Waals surface area (Å²) in [6.07, 6.45) is 8.72. The van der Waals surface area contributed by atoms with Crippen molar-refractivity contribution in [2.24, 2.45) is 5.92 Å². The van der Waals surface area contributed by atoms with Crippen molar-refractivity contribution in [1.29, 1.82) is 0 Å². The van der Waals surface area contributed by atoms with Gasteiger partial charge in [0.2, 0.25) is 5.91 Å². The van der Waals surface area contributed by atoms with Gasteiger partial charge in [0.25, 0.3) is 0 Å². The maximum Gasteiger partial charge on any atom is 0.231 e. The predicted octanol–water partition coefficient (Wildman–Crippen LogP) is 4.35. The lowest BCUT2D eigenvalue weighted by atomic mass is 9.96. The molecule has 0 N–H and O–H groups in total. The fourth-order valence-electron chi connectivity index (χ4n) is 5.16.